The molecule has 6 rings (SSSR count). The normalized spacial score (nSPS) is 17.5. The van der Waals surface area contributed by atoms with Crippen LogP contribution in [-0.4, -0.2) is 19.8 Å². The lowest BCUT2D eigenvalue weighted by atomic mass is 9.96. The van der Waals surface area contributed by atoms with Gasteiger partial charge in [-0.25, -0.2) is 0 Å². The largest absolute Gasteiger partial charge is 0.506 e. The predicted octanol–water partition coefficient (Wildman–Crippen LogP) is 6.53. The van der Waals surface area contributed by atoms with Gasteiger partial charge in [-0.1, -0.05) is 54.6 Å². The summed E-state index contributed by atoms with van der Waals surface area (Å²) in [6, 6.07) is 30.0. The summed E-state index contributed by atoms with van der Waals surface area (Å²) < 4.78 is 2.32. The Labute approximate surface area is 215 Å². The number of phenolic OH excluding ortho intramolecular Hbond substituents is 1. The summed E-state index contributed by atoms with van der Waals surface area (Å²) in [6.45, 7) is 4.29. The van der Waals surface area contributed by atoms with E-state index in [1.54, 1.807) is 12.3 Å². The fourth-order valence-electron chi connectivity index (χ4n) is 5.46. The maximum absolute atomic E-state index is 10.8. The smallest absolute Gasteiger partial charge is 0.174 e. The number of fused-ring (bicyclic) bond motifs is 1. The topological polar surface area (TPSA) is 53.3 Å². The van der Waals surface area contributed by atoms with E-state index in [0.717, 1.165) is 28.3 Å². The van der Waals surface area contributed by atoms with Gasteiger partial charge >= 0.3 is 0 Å². The molecule has 2 aromatic heterocycles. The second-order valence-corrected chi connectivity index (χ2v) is 9.53. The quantitative estimate of drug-likeness (QED) is 0.281. The molecule has 5 nitrogen and oxygen atoms in total. The zero-order valence-electron chi connectivity index (χ0n) is 20.1. The van der Waals surface area contributed by atoms with Gasteiger partial charge in [0.2, 0.25) is 0 Å². The molecule has 3 aromatic carbocycles. The first kappa shape index (κ1) is 22.3. The van der Waals surface area contributed by atoms with Crippen LogP contribution in [0.1, 0.15) is 34.7 Å². The molecular weight excluding hydrogens is 464 g/mol. The Morgan fingerprint density at radius 1 is 0.861 bits per heavy atom. The molecule has 0 amide bonds. The maximum Gasteiger partial charge on any atom is 0.174 e. The van der Waals surface area contributed by atoms with Crippen LogP contribution in [0.3, 0.4) is 0 Å². The van der Waals surface area contributed by atoms with E-state index in [0.29, 0.717) is 10.8 Å². The first-order chi connectivity index (χ1) is 17.5. The predicted molar refractivity (Wildman–Crippen MR) is 149 cm³/mol. The highest BCUT2D eigenvalue weighted by molar-refractivity contribution is 7.80. The van der Waals surface area contributed by atoms with Gasteiger partial charge in [-0.2, -0.15) is 0 Å². The summed E-state index contributed by atoms with van der Waals surface area (Å²) in [7, 11) is 0. The lowest BCUT2D eigenvalue weighted by Gasteiger charge is -2.28. The first-order valence-corrected chi connectivity index (χ1v) is 12.4. The number of rotatable bonds is 4. The van der Waals surface area contributed by atoms with Gasteiger partial charge in [-0.05, 0) is 73.4 Å². The van der Waals surface area contributed by atoms with Crippen LogP contribution in [0.2, 0.25) is 0 Å². The Hall–Kier alpha value is -4.16. The van der Waals surface area contributed by atoms with Crippen molar-refractivity contribution in [2.75, 3.05) is 4.90 Å². The van der Waals surface area contributed by atoms with Crippen molar-refractivity contribution in [2.24, 2.45) is 0 Å². The van der Waals surface area contributed by atoms with Crippen molar-refractivity contribution >= 4 is 33.8 Å². The van der Waals surface area contributed by atoms with E-state index in [4.69, 9.17) is 12.2 Å². The van der Waals surface area contributed by atoms with E-state index >= 15 is 0 Å². The number of aromatic nitrogens is 2. The number of aryl methyl sites for hydroxylation is 1. The molecule has 0 aliphatic carbocycles. The van der Waals surface area contributed by atoms with Crippen molar-refractivity contribution in [3.63, 3.8) is 0 Å². The molecule has 3 heterocycles. The van der Waals surface area contributed by atoms with Gasteiger partial charge in [-0.3, -0.25) is 4.98 Å². The number of para-hydroxylation sites is 2. The zero-order chi connectivity index (χ0) is 24.8. The summed E-state index contributed by atoms with van der Waals surface area (Å²) in [5.74, 6) is 0.191. The molecule has 1 aliphatic heterocycles. The van der Waals surface area contributed by atoms with Gasteiger partial charge in [0.05, 0.1) is 29.2 Å². The van der Waals surface area contributed by atoms with E-state index in [1.165, 1.54) is 10.8 Å². The molecule has 0 saturated carbocycles. The Bertz CT molecular complexity index is 1590. The third-order valence-electron chi connectivity index (χ3n) is 7.04. The molecule has 36 heavy (non-hydrogen) atoms. The van der Waals surface area contributed by atoms with Crippen LogP contribution in [0, 0.1) is 13.8 Å². The van der Waals surface area contributed by atoms with E-state index < -0.39 is 0 Å². The minimum atomic E-state index is -0.198. The van der Waals surface area contributed by atoms with Crippen LogP contribution >= 0.6 is 12.2 Å². The highest BCUT2D eigenvalue weighted by atomic mass is 32.1. The van der Waals surface area contributed by atoms with Crippen LogP contribution in [0.4, 0.5) is 5.69 Å². The molecule has 1 saturated heterocycles. The van der Waals surface area contributed by atoms with Crippen molar-refractivity contribution in [1.29, 1.82) is 0 Å². The number of phenols is 1. The fourth-order valence-corrected chi connectivity index (χ4v) is 5.80. The molecule has 178 valence electrons. The molecular formula is C30H26N4OS. The highest BCUT2D eigenvalue weighted by Crippen LogP contribution is 2.46. The second-order valence-electron chi connectivity index (χ2n) is 9.15. The van der Waals surface area contributed by atoms with Crippen LogP contribution < -0.4 is 10.2 Å². The number of nitrogens with one attached hydrogen (secondary N) is 1. The fraction of sp³-hybridized carbons (Fsp3) is 0.133. The van der Waals surface area contributed by atoms with E-state index in [1.807, 2.05) is 41.3 Å². The van der Waals surface area contributed by atoms with Gasteiger partial charge in [-0.15, -0.1) is 0 Å². The van der Waals surface area contributed by atoms with Crippen LogP contribution in [-0.2, 0) is 0 Å². The highest BCUT2D eigenvalue weighted by Gasteiger charge is 2.43. The summed E-state index contributed by atoms with van der Waals surface area (Å²) in [5.41, 5.74) is 6.11. The zero-order valence-corrected chi connectivity index (χ0v) is 20.9. The number of benzene rings is 3. The SMILES string of the molecule is Cc1cc(C2C(c3ccccn3)NC(=S)N2c2ccccc2O)c(C)n1-c1cccc2ccccc12. The molecule has 1 fully saturated rings. The van der Waals surface area contributed by atoms with Crippen LogP contribution in [0.25, 0.3) is 16.5 Å². The van der Waals surface area contributed by atoms with E-state index in [2.05, 4.69) is 77.2 Å². The summed E-state index contributed by atoms with van der Waals surface area (Å²) >= 11 is 5.84. The van der Waals surface area contributed by atoms with E-state index in [-0.39, 0.29) is 17.8 Å². The van der Waals surface area contributed by atoms with Gasteiger partial charge < -0.3 is 19.9 Å². The molecule has 0 radical (unpaired) electrons. The van der Waals surface area contributed by atoms with Crippen LogP contribution in [0.15, 0.2) is 97.2 Å². The number of hydrogen-bond donors (Lipinski definition) is 2. The molecule has 0 bridgehead atoms. The molecule has 1 aliphatic rings. The number of aromatic hydroxyl groups is 1. The van der Waals surface area contributed by atoms with Crippen molar-refractivity contribution in [1.82, 2.24) is 14.9 Å². The third-order valence-corrected chi connectivity index (χ3v) is 7.35. The average Bonchev–Trinajstić information content (AvgIpc) is 3.39. The van der Waals surface area contributed by atoms with Crippen molar-refractivity contribution in [3.8, 4) is 11.4 Å². The van der Waals surface area contributed by atoms with E-state index in [9.17, 15) is 5.11 Å². The van der Waals surface area contributed by atoms with Gasteiger partial charge in [0.15, 0.2) is 5.11 Å². The standard InChI is InChI=1S/C30H26N4OS/c1-19-18-23(20(2)33(19)25-15-9-11-21-10-3-4-12-22(21)25)29-28(24-13-7-8-17-31-24)32-30(36)34(29)26-14-5-6-16-27(26)35/h3-18,28-29,35H,1-2H3,(H,32,36). The monoisotopic (exact) mass is 490 g/mol. The number of anilines is 1. The van der Waals surface area contributed by atoms with Gasteiger partial charge in [0.1, 0.15) is 5.75 Å². The van der Waals surface area contributed by atoms with Crippen LogP contribution in [0.5, 0.6) is 5.75 Å². The van der Waals surface area contributed by atoms with Crippen molar-refractivity contribution in [2.45, 2.75) is 25.9 Å². The Kier molecular flexibility index (Phi) is 5.46. The van der Waals surface area contributed by atoms with Gasteiger partial charge in [0, 0.05) is 23.0 Å². The first-order valence-electron chi connectivity index (χ1n) is 12.0. The number of thiocarbonyl (C=S) groups is 1. The van der Waals surface area contributed by atoms with Crippen molar-refractivity contribution in [3.05, 3.63) is 120 Å². The Morgan fingerprint density at radius 3 is 2.39 bits per heavy atom. The van der Waals surface area contributed by atoms with Gasteiger partial charge in [0.25, 0.3) is 0 Å². The second kappa shape index (κ2) is 8.81. The average molecular weight is 491 g/mol. The number of nitrogens with zero attached hydrogens (tertiary/aromatic N) is 3. The lowest BCUT2D eigenvalue weighted by Crippen LogP contribution is -2.29. The summed E-state index contributed by atoms with van der Waals surface area (Å²) in [4.78, 5) is 6.69. The lowest BCUT2D eigenvalue weighted by molar-refractivity contribution is 0.472. The number of hydrogen-bond acceptors (Lipinski definition) is 3. The Balaban J connectivity index is 1.57. The maximum atomic E-state index is 10.8. The third kappa shape index (κ3) is 3.53. The van der Waals surface area contributed by atoms with Crippen molar-refractivity contribution < 1.29 is 5.11 Å². The molecule has 2 atom stereocenters. The molecule has 0 spiro atoms. The summed E-state index contributed by atoms with van der Waals surface area (Å²) in [6.07, 6.45) is 1.80. The minimum absolute atomic E-state index is 0.181. The molecule has 2 unspecified atom stereocenters. The minimum Gasteiger partial charge on any atom is -0.506 e. The Morgan fingerprint density at radius 2 is 1.58 bits per heavy atom. The molecule has 5 aromatic rings. The number of pyridine rings is 1. The molecule has 2 N–H and O–H groups in total. The summed E-state index contributed by atoms with van der Waals surface area (Å²) in [5, 5.41) is 17.2. The molecule has 6 heteroatoms.